The van der Waals surface area contributed by atoms with Crippen molar-refractivity contribution in [2.75, 3.05) is 6.26 Å². The van der Waals surface area contributed by atoms with Gasteiger partial charge in [-0.2, -0.15) is 0 Å². The van der Waals surface area contributed by atoms with Crippen LogP contribution in [0.5, 0.6) is 0 Å². The van der Waals surface area contributed by atoms with E-state index in [0.717, 1.165) is 5.02 Å². The molecule has 0 nitrogen and oxygen atoms in total. The third-order valence-electron chi connectivity index (χ3n) is 1.75. The Labute approximate surface area is 124 Å². The number of hydrogen-bond donors (Lipinski definition) is 0. The highest BCUT2D eigenvalue weighted by Crippen LogP contribution is 2.36. The van der Waals surface area contributed by atoms with E-state index in [1.54, 1.807) is 23.1 Å². The Morgan fingerprint density at radius 1 is 1.27 bits per heavy atom. The van der Waals surface area contributed by atoms with Crippen molar-refractivity contribution < 1.29 is 24.0 Å². The third kappa shape index (κ3) is 3.56. The smallest absolute Gasteiger partial charge is 0.312 e. The van der Waals surface area contributed by atoms with Gasteiger partial charge in [-0.1, -0.05) is 35.5 Å². The highest BCUT2D eigenvalue weighted by atomic mass is 127. The van der Waals surface area contributed by atoms with Crippen LogP contribution >= 0.6 is 46.0 Å². The monoisotopic (exact) mass is 386 g/mol. The van der Waals surface area contributed by atoms with Gasteiger partial charge in [-0.05, 0) is 18.4 Å². The second kappa shape index (κ2) is 6.39. The second-order valence-corrected chi connectivity index (χ2v) is 6.62. The minimum Gasteiger partial charge on any atom is -1.00 e. The summed E-state index contributed by atoms with van der Waals surface area (Å²) in [6.45, 7) is 0. The van der Waals surface area contributed by atoms with Gasteiger partial charge in [0.1, 0.15) is 16.7 Å². The van der Waals surface area contributed by atoms with Crippen molar-refractivity contribution in [1.82, 2.24) is 0 Å². The highest BCUT2D eigenvalue weighted by molar-refractivity contribution is 8.02. The fourth-order valence-corrected chi connectivity index (χ4v) is 4.04. The number of benzene rings is 1. The van der Waals surface area contributed by atoms with Gasteiger partial charge in [0, 0.05) is 10.6 Å². The lowest BCUT2D eigenvalue weighted by Gasteiger charge is -1.91. The van der Waals surface area contributed by atoms with Crippen molar-refractivity contribution in [3.63, 3.8) is 0 Å². The lowest BCUT2D eigenvalue weighted by atomic mass is 10.2. The van der Waals surface area contributed by atoms with Crippen LogP contribution in [-0.4, -0.2) is 6.26 Å². The van der Waals surface area contributed by atoms with Crippen LogP contribution in [0.15, 0.2) is 33.2 Å². The van der Waals surface area contributed by atoms with Crippen molar-refractivity contribution in [1.29, 1.82) is 0 Å². The van der Waals surface area contributed by atoms with E-state index in [4.69, 9.17) is 11.6 Å². The zero-order chi connectivity index (χ0) is 9.97. The highest BCUT2D eigenvalue weighted by Gasteiger charge is 2.14. The van der Waals surface area contributed by atoms with Crippen LogP contribution in [0.25, 0.3) is 10.4 Å². The van der Waals surface area contributed by atoms with Crippen LogP contribution < -0.4 is 24.0 Å². The average molecular weight is 387 g/mol. The van der Waals surface area contributed by atoms with Gasteiger partial charge in [0.25, 0.3) is 0 Å². The van der Waals surface area contributed by atoms with Crippen molar-refractivity contribution in [2.45, 2.75) is 3.52 Å². The van der Waals surface area contributed by atoms with E-state index in [9.17, 15) is 0 Å². The minimum atomic E-state index is 0. The SMILES string of the molecule is CSc1sc(-c2ccc(Cl)cc2)c[s+]1.[I-]. The van der Waals surface area contributed by atoms with E-state index in [0.29, 0.717) is 0 Å². The average Bonchev–Trinajstić information content (AvgIpc) is 2.67. The molecule has 0 unspecified atom stereocenters. The van der Waals surface area contributed by atoms with E-state index in [-0.39, 0.29) is 24.0 Å². The Bertz CT molecular complexity index is 424. The van der Waals surface area contributed by atoms with Crippen molar-refractivity contribution in [3.05, 3.63) is 34.7 Å². The van der Waals surface area contributed by atoms with E-state index >= 15 is 0 Å². The molecule has 0 aliphatic rings. The molecular formula is C10H8ClIS3. The summed E-state index contributed by atoms with van der Waals surface area (Å²) in [5.41, 5.74) is 1.25. The van der Waals surface area contributed by atoms with Gasteiger partial charge in [0.15, 0.2) is 4.88 Å². The standard InChI is InChI=1S/C10H8ClS3.HI/c1-12-10-13-6-9(14-10)7-2-4-8(11)5-3-7;/h2-6H,1H3;1H/q+1;/p-1. The largest absolute Gasteiger partial charge is 1.00 e. The molecule has 0 amide bonds. The molecule has 1 aromatic heterocycles. The molecule has 0 aliphatic heterocycles. The minimum absolute atomic E-state index is 0. The summed E-state index contributed by atoms with van der Waals surface area (Å²) in [6.07, 6.45) is 2.11. The molecule has 0 fully saturated rings. The molecule has 2 rings (SSSR count). The van der Waals surface area contributed by atoms with E-state index in [1.807, 2.05) is 23.5 Å². The molecule has 2 aromatic rings. The number of halogens is 2. The Kier molecular flexibility index (Phi) is 5.84. The van der Waals surface area contributed by atoms with Gasteiger partial charge in [0.2, 0.25) is 0 Å². The maximum atomic E-state index is 5.83. The molecule has 0 saturated heterocycles. The fourth-order valence-electron chi connectivity index (χ4n) is 1.07. The lowest BCUT2D eigenvalue weighted by Crippen LogP contribution is -3.00. The molecule has 15 heavy (non-hydrogen) atoms. The summed E-state index contributed by atoms with van der Waals surface area (Å²) in [5.74, 6) is 0. The Balaban J connectivity index is 0.00000112. The topological polar surface area (TPSA) is 0 Å². The quantitative estimate of drug-likeness (QED) is 0.433. The molecule has 0 bridgehead atoms. The number of rotatable bonds is 2. The zero-order valence-electron chi connectivity index (χ0n) is 7.87. The number of hydrogen-bond acceptors (Lipinski definition) is 2. The fraction of sp³-hybridized carbons (Fsp3) is 0.100. The van der Waals surface area contributed by atoms with Gasteiger partial charge < -0.3 is 24.0 Å². The summed E-state index contributed by atoms with van der Waals surface area (Å²) in [4.78, 5) is 1.32. The molecule has 1 aromatic carbocycles. The van der Waals surface area contributed by atoms with Crippen LogP contribution in [0.4, 0.5) is 0 Å². The van der Waals surface area contributed by atoms with Gasteiger partial charge in [0.05, 0.1) is 11.3 Å². The molecule has 0 atom stereocenters. The predicted molar refractivity (Wildman–Crippen MR) is 68.8 cm³/mol. The third-order valence-corrected chi connectivity index (χ3v) is 5.85. The zero-order valence-corrected chi connectivity index (χ0v) is 13.2. The summed E-state index contributed by atoms with van der Waals surface area (Å²) in [7, 11) is 0. The second-order valence-electron chi connectivity index (χ2n) is 2.66. The molecule has 0 saturated carbocycles. The summed E-state index contributed by atoms with van der Waals surface area (Å²) >= 11 is 11.3. The summed E-state index contributed by atoms with van der Waals surface area (Å²) in [6, 6.07) is 7.98. The van der Waals surface area contributed by atoms with E-state index in [1.165, 1.54) is 14.0 Å². The first-order chi connectivity index (χ1) is 6.79. The van der Waals surface area contributed by atoms with Crippen LogP contribution in [0.3, 0.4) is 0 Å². The molecule has 0 aliphatic carbocycles. The Morgan fingerprint density at radius 2 is 1.93 bits per heavy atom. The predicted octanol–water partition coefficient (Wildman–Crippen LogP) is 2.14. The molecule has 1 heterocycles. The maximum absolute atomic E-state index is 5.83. The Morgan fingerprint density at radius 3 is 2.47 bits per heavy atom. The molecule has 80 valence electrons. The van der Waals surface area contributed by atoms with Gasteiger partial charge >= 0.3 is 3.52 Å². The van der Waals surface area contributed by atoms with Crippen molar-refractivity contribution in [2.24, 2.45) is 0 Å². The molecule has 0 N–H and O–H groups in total. The first kappa shape index (κ1) is 13.7. The molecule has 0 spiro atoms. The Hall–Kier alpha value is 0.640. The van der Waals surface area contributed by atoms with Crippen LogP contribution in [0.2, 0.25) is 5.02 Å². The maximum Gasteiger partial charge on any atom is 0.312 e. The molecular weight excluding hydrogens is 379 g/mol. The van der Waals surface area contributed by atoms with Gasteiger partial charge in [-0.3, -0.25) is 0 Å². The molecule has 5 heteroatoms. The summed E-state index contributed by atoms with van der Waals surface area (Å²) < 4.78 is 1.38. The first-order valence-electron chi connectivity index (χ1n) is 4.01. The van der Waals surface area contributed by atoms with Crippen LogP contribution in [-0.2, 0) is 0 Å². The summed E-state index contributed by atoms with van der Waals surface area (Å²) in [5, 5.41) is 2.98. The van der Waals surface area contributed by atoms with Crippen molar-refractivity contribution in [3.8, 4) is 10.4 Å². The van der Waals surface area contributed by atoms with Gasteiger partial charge in [-0.25, -0.2) is 0 Å². The molecule has 0 radical (unpaired) electrons. The first-order valence-corrected chi connectivity index (χ1v) is 7.31. The lowest BCUT2D eigenvalue weighted by molar-refractivity contribution is -0.00000253. The van der Waals surface area contributed by atoms with Crippen LogP contribution in [0, 0.1) is 0 Å². The van der Waals surface area contributed by atoms with E-state index in [2.05, 4.69) is 23.8 Å². The van der Waals surface area contributed by atoms with Crippen LogP contribution in [0.1, 0.15) is 0 Å². The van der Waals surface area contributed by atoms with Crippen molar-refractivity contribution >= 4 is 46.0 Å². The van der Waals surface area contributed by atoms with E-state index < -0.39 is 0 Å². The normalized spacial score (nSPS) is 9.73. The number of thioether (sulfide) groups is 1. The van der Waals surface area contributed by atoms with Gasteiger partial charge in [-0.15, -0.1) is 0 Å².